The fourth-order valence-corrected chi connectivity index (χ4v) is 3.13. The first-order chi connectivity index (χ1) is 10.3. The van der Waals surface area contributed by atoms with Crippen molar-refractivity contribution < 1.29 is 4.79 Å². The van der Waals surface area contributed by atoms with Crippen LogP contribution in [0.25, 0.3) is 0 Å². The quantitative estimate of drug-likeness (QED) is 0.848. The van der Waals surface area contributed by atoms with Crippen molar-refractivity contribution in [2.45, 2.75) is 51.5 Å². The van der Waals surface area contributed by atoms with E-state index in [4.69, 9.17) is 0 Å². The maximum Gasteiger partial charge on any atom is 0.240 e. The molecule has 0 N–H and O–H groups in total. The number of carbonyl (C=O) groups is 1. The molecule has 1 aromatic carbocycles. The minimum absolute atomic E-state index is 0.0232. The summed E-state index contributed by atoms with van der Waals surface area (Å²) in [5.74, 6) is -0.533. The van der Waals surface area contributed by atoms with Crippen molar-refractivity contribution in [3.05, 3.63) is 35.9 Å². The van der Waals surface area contributed by atoms with Crippen LogP contribution in [-0.2, 0) is 11.2 Å². The molecule has 0 aromatic heterocycles. The van der Waals surface area contributed by atoms with E-state index in [2.05, 4.69) is 13.0 Å². The number of rotatable bonds is 4. The molecule has 21 heavy (non-hydrogen) atoms. The van der Waals surface area contributed by atoms with E-state index in [0.29, 0.717) is 12.5 Å². The molecule has 2 rings (SSSR count). The molecule has 0 bridgehead atoms. The summed E-state index contributed by atoms with van der Waals surface area (Å²) in [5, 5.41) is 9.42. The van der Waals surface area contributed by atoms with Crippen LogP contribution in [0.1, 0.15) is 44.6 Å². The molecule has 1 aromatic rings. The van der Waals surface area contributed by atoms with Gasteiger partial charge in [0.15, 0.2) is 0 Å². The molecule has 0 aliphatic carbocycles. The van der Waals surface area contributed by atoms with E-state index >= 15 is 0 Å². The number of nitrogens with zero attached hydrogens (tertiary/aromatic N) is 2. The van der Waals surface area contributed by atoms with Crippen LogP contribution >= 0.6 is 0 Å². The number of nitriles is 1. The van der Waals surface area contributed by atoms with Crippen molar-refractivity contribution in [1.82, 2.24) is 4.90 Å². The molecule has 1 aliphatic rings. The summed E-state index contributed by atoms with van der Waals surface area (Å²) in [5.41, 5.74) is 1.06. The zero-order valence-corrected chi connectivity index (χ0v) is 12.8. The van der Waals surface area contributed by atoms with Gasteiger partial charge in [-0.1, -0.05) is 50.1 Å². The predicted molar refractivity (Wildman–Crippen MR) is 83.5 cm³/mol. The van der Waals surface area contributed by atoms with Gasteiger partial charge in [0.25, 0.3) is 0 Å². The molecule has 0 spiro atoms. The largest absolute Gasteiger partial charge is 0.339 e. The van der Waals surface area contributed by atoms with Gasteiger partial charge in [0.1, 0.15) is 5.92 Å². The van der Waals surface area contributed by atoms with Gasteiger partial charge in [-0.15, -0.1) is 0 Å². The SMILES string of the molecule is CCC1CCCCCN1C(=O)C(C#N)Cc1ccccc1. The van der Waals surface area contributed by atoms with E-state index < -0.39 is 5.92 Å². The third kappa shape index (κ3) is 4.07. The highest BCUT2D eigenvalue weighted by atomic mass is 16.2. The summed E-state index contributed by atoms with van der Waals surface area (Å²) >= 11 is 0. The van der Waals surface area contributed by atoms with Gasteiger partial charge in [-0.2, -0.15) is 5.26 Å². The predicted octanol–water partition coefficient (Wildman–Crippen LogP) is 3.55. The third-order valence-electron chi connectivity index (χ3n) is 4.37. The number of amides is 1. The van der Waals surface area contributed by atoms with Crippen LogP contribution in [0.15, 0.2) is 30.3 Å². The zero-order chi connectivity index (χ0) is 15.1. The summed E-state index contributed by atoms with van der Waals surface area (Å²) in [7, 11) is 0. The van der Waals surface area contributed by atoms with E-state index in [9.17, 15) is 10.1 Å². The molecule has 112 valence electrons. The second-order valence-corrected chi connectivity index (χ2v) is 5.81. The molecule has 3 heteroatoms. The molecule has 1 aliphatic heterocycles. The lowest BCUT2D eigenvalue weighted by molar-refractivity contribution is -0.136. The van der Waals surface area contributed by atoms with Crippen LogP contribution in [-0.4, -0.2) is 23.4 Å². The van der Waals surface area contributed by atoms with Crippen molar-refractivity contribution in [3.8, 4) is 6.07 Å². The van der Waals surface area contributed by atoms with Crippen LogP contribution < -0.4 is 0 Å². The molecule has 1 heterocycles. The van der Waals surface area contributed by atoms with Crippen molar-refractivity contribution >= 4 is 5.91 Å². The van der Waals surface area contributed by atoms with Gasteiger partial charge < -0.3 is 4.90 Å². The fraction of sp³-hybridized carbons (Fsp3) is 0.556. The second kappa shape index (κ2) is 7.83. The Morgan fingerprint density at radius 1 is 1.33 bits per heavy atom. The highest BCUT2D eigenvalue weighted by Crippen LogP contribution is 2.22. The molecular weight excluding hydrogens is 260 g/mol. The summed E-state index contributed by atoms with van der Waals surface area (Å²) in [6, 6.07) is 12.4. The smallest absolute Gasteiger partial charge is 0.240 e. The zero-order valence-electron chi connectivity index (χ0n) is 12.8. The Hall–Kier alpha value is -1.82. The van der Waals surface area contributed by atoms with Crippen molar-refractivity contribution in [1.29, 1.82) is 5.26 Å². The number of hydrogen-bond donors (Lipinski definition) is 0. The Labute approximate surface area is 127 Å². The standard InChI is InChI=1S/C18H24N2O/c1-2-17-11-7-4-8-12-20(17)18(21)16(14-19)13-15-9-5-3-6-10-15/h3,5-6,9-10,16-17H,2,4,7-8,11-13H2,1H3. The highest BCUT2D eigenvalue weighted by molar-refractivity contribution is 5.82. The first-order valence-electron chi connectivity index (χ1n) is 8.00. The lowest BCUT2D eigenvalue weighted by Crippen LogP contribution is -2.43. The number of carbonyl (C=O) groups excluding carboxylic acids is 1. The topological polar surface area (TPSA) is 44.1 Å². The van der Waals surface area contributed by atoms with Crippen molar-refractivity contribution in [2.75, 3.05) is 6.54 Å². The third-order valence-corrected chi connectivity index (χ3v) is 4.37. The minimum atomic E-state index is -0.556. The summed E-state index contributed by atoms with van der Waals surface area (Å²) in [6.07, 6.45) is 6.02. The van der Waals surface area contributed by atoms with Gasteiger partial charge in [-0.25, -0.2) is 0 Å². The molecule has 0 radical (unpaired) electrons. The summed E-state index contributed by atoms with van der Waals surface area (Å²) in [6.45, 7) is 2.94. The lowest BCUT2D eigenvalue weighted by Gasteiger charge is -2.31. The normalized spacial score (nSPS) is 20.4. The van der Waals surface area contributed by atoms with Crippen LogP contribution in [0.5, 0.6) is 0 Å². The van der Waals surface area contributed by atoms with Crippen LogP contribution in [0.3, 0.4) is 0 Å². The van der Waals surface area contributed by atoms with Crippen molar-refractivity contribution in [2.24, 2.45) is 5.92 Å². The Morgan fingerprint density at radius 3 is 2.76 bits per heavy atom. The first-order valence-corrected chi connectivity index (χ1v) is 8.00. The number of hydrogen-bond acceptors (Lipinski definition) is 2. The van der Waals surface area contributed by atoms with Crippen LogP contribution in [0.4, 0.5) is 0 Å². The second-order valence-electron chi connectivity index (χ2n) is 5.81. The average molecular weight is 284 g/mol. The molecule has 2 unspecified atom stereocenters. The van der Waals surface area contributed by atoms with E-state index in [1.54, 1.807) is 0 Å². The summed E-state index contributed by atoms with van der Waals surface area (Å²) < 4.78 is 0. The van der Waals surface area contributed by atoms with Gasteiger partial charge in [0.05, 0.1) is 6.07 Å². The molecule has 0 saturated carbocycles. The molecule has 3 nitrogen and oxygen atoms in total. The number of benzene rings is 1. The van der Waals surface area contributed by atoms with Crippen LogP contribution in [0.2, 0.25) is 0 Å². The Kier molecular flexibility index (Phi) is 5.80. The van der Waals surface area contributed by atoms with E-state index in [0.717, 1.165) is 31.4 Å². The molecular formula is C18H24N2O. The van der Waals surface area contributed by atoms with Gasteiger partial charge in [0.2, 0.25) is 5.91 Å². The maximum absolute atomic E-state index is 12.8. The minimum Gasteiger partial charge on any atom is -0.339 e. The fourth-order valence-electron chi connectivity index (χ4n) is 3.13. The molecule has 2 atom stereocenters. The van der Waals surface area contributed by atoms with Crippen LogP contribution in [0, 0.1) is 17.2 Å². The maximum atomic E-state index is 12.8. The van der Waals surface area contributed by atoms with Gasteiger partial charge >= 0.3 is 0 Å². The average Bonchev–Trinajstić information content (AvgIpc) is 2.78. The molecule has 1 saturated heterocycles. The van der Waals surface area contributed by atoms with E-state index in [-0.39, 0.29) is 5.91 Å². The van der Waals surface area contributed by atoms with Gasteiger partial charge in [-0.05, 0) is 31.2 Å². The Morgan fingerprint density at radius 2 is 2.10 bits per heavy atom. The lowest BCUT2D eigenvalue weighted by atomic mass is 9.98. The van der Waals surface area contributed by atoms with Gasteiger partial charge in [-0.3, -0.25) is 4.79 Å². The van der Waals surface area contributed by atoms with Crippen molar-refractivity contribution in [3.63, 3.8) is 0 Å². The van der Waals surface area contributed by atoms with E-state index in [1.165, 1.54) is 12.8 Å². The summed E-state index contributed by atoms with van der Waals surface area (Å²) in [4.78, 5) is 14.7. The Balaban J connectivity index is 2.09. The highest BCUT2D eigenvalue weighted by Gasteiger charge is 2.29. The monoisotopic (exact) mass is 284 g/mol. The molecule has 1 amide bonds. The molecule has 1 fully saturated rings. The van der Waals surface area contributed by atoms with E-state index in [1.807, 2.05) is 35.2 Å². The first kappa shape index (κ1) is 15.6. The number of likely N-dealkylation sites (tertiary alicyclic amines) is 1. The Bertz CT molecular complexity index is 492. The van der Waals surface area contributed by atoms with Gasteiger partial charge in [0, 0.05) is 12.6 Å².